The highest BCUT2D eigenvalue weighted by atomic mass is 35.5. The van der Waals surface area contributed by atoms with E-state index in [0.717, 1.165) is 16.6 Å². The first-order valence-electron chi connectivity index (χ1n) is 8.29. The summed E-state index contributed by atoms with van der Waals surface area (Å²) < 4.78 is 7.51. The van der Waals surface area contributed by atoms with Crippen LogP contribution < -0.4 is 10.1 Å². The standard InChI is InChI=1S/C19H15ClN4O2S/c1-2-21-19(25)17-8-13(11-27-17)24-15-10-22-18(7-12(15)9-23-24)26-16-6-4-3-5-14(16)20/h3-11H,2H2,1H3,(H,21,25). The highest BCUT2D eigenvalue weighted by Gasteiger charge is 2.13. The number of benzene rings is 1. The summed E-state index contributed by atoms with van der Waals surface area (Å²) in [5, 5.41) is 10.5. The van der Waals surface area contributed by atoms with E-state index in [9.17, 15) is 4.79 Å². The fourth-order valence-corrected chi connectivity index (χ4v) is 3.57. The molecule has 0 spiro atoms. The number of para-hydroxylation sites is 1. The molecule has 0 fully saturated rings. The molecular formula is C19H15ClN4O2S. The Morgan fingerprint density at radius 2 is 2.15 bits per heavy atom. The summed E-state index contributed by atoms with van der Waals surface area (Å²) in [6, 6.07) is 10.9. The van der Waals surface area contributed by atoms with Crippen molar-refractivity contribution >= 4 is 39.7 Å². The molecule has 0 saturated heterocycles. The largest absolute Gasteiger partial charge is 0.437 e. The number of nitrogens with one attached hydrogen (secondary N) is 1. The third-order valence-electron chi connectivity index (χ3n) is 3.87. The van der Waals surface area contributed by atoms with Gasteiger partial charge in [-0.2, -0.15) is 5.10 Å². The van der Waals surface area contributed by atoms with E-state index in [-0.39, 0.29) is 5.91 Å². The number of amides is 1. The number of hydrogen-bond acceptors (Lipinski definition) is 5. The Morgan fingerprint density at radius 3 is 2.96 bits per heavy atom. The fourth-order valence-electron chi connectivity index (χ4n) is 2.61. The van der Waals surface area contributed by atoms with Crippen LogP contribution in [0.1, 0.15) is 16.6 Å². The van der Waals surface area contributed by atoms with Gasteiger partial charge in [0.05, 0.1) is 33.5 Å². The predicted octanol–water partition coefficient (Wildman–Crippen LogP) is 4.68. The van der Waals surface area contributed by atoms with Crippen molar-refractivity contribution in [2.45, 2.75) is 6.92 Å². The Balaban J connectivity index is 1.63. The van der Waals surface area contributed by atoms with Crippen LogP contribution in [0, 0.1) is 0 Å². The van der Waals surface area contributed by atoms with Gasteiger partial charge in [0, 0.05) is 23.4 Å². The first-order valence-corrected chi connectivity index (χ1v) is 9.54. The summed E-state index contributed by atoms with van der Waals surface area (Å²) >= 11 is 7.50. The molecule has 0 unspecified atom stereocenters. The van der Waals surface area contributed by atoms with Crippen molar-refractivity contribution in [3.8, 4) is 17.3 Å². The Labute approximate surface area is 164 Å². The second-order valence-electron chi connectivity index (χ2n) is 5.70. The van der Waals surface area contributed by atoms with Gasteiger partial charge in [-0.05, 0) is 25.1 Å². The van der Waals surface area contributed by atoms with E-state index in [0.29, 0.717) is 28.1 Å². The van der Waals surface area contributed by atoms with Crippen LogP contribution in [0.4, 0.5) is 0 Å². The average molecular weight is 399 g/mol. The maximum atomic E-state index is 12.0. The number of carbonyl (C=O) groups is 1. The Morgan fingerprint density at radius 1 is 1.30 bits per heavy atom. The molecule has 3 heterocycles. The summed E-state index contributed by atoms with van der Waals surface area (Å²) in [7, 11) is 0. The van der Waals surface area contributed by atoms with Crippen molar-refractivity contribution in [2.75, 3.05) is 6.54 Å². The fraction of sp³-hybridized carbons (Fsp3) is 0.105. The molecule has 0 saturated carbocycles. The summed E-state index contributed by atoms with van der Waals surface area (Å²) in [6.45, 7) is 2.48. The van der Waals surface area contributed by atoms with Crippen LogP contribution in [0.2, 0.25) is 5.02 Å². The smallest absolute Gasteiger partial charge is 0.261 e. The molecule has 8 heteroatoms. The van der Waals surface area contributed by atoms with Crippen LogP contribution >= 0.6 is 22.9 Å². The molecule has 0 radical (unpaired) electrons. The highest BCUT2D eigenvalue weighted by Crippen LogP contribution is 2.30. The predicted molar refractivity (Wildman–Crippen MR) is 106 cm³/mol. The molecule has 0 aliphatic carbocycles. The van der Waals surface area contributed by atoms with E-state index in [4.69, 9.17) is 16.3 Å². The number of nitrogens with zero attached hydrogens (tertiary/aromatic N) is 3. The summed E-state index contributed by atoms with van der Waals surface area (Å²) in [6.07, 6.45) is 3.43. The van der Waals surface area contributed by atoms with E-state index in [1.165, 1.54) is 11.3 Å². The number of carbonyl (C=O) groups excluding carboxylic acids is 1. The van der Waals surface area contributed by atoms with E-state index < -0.39 is 0 Å². The van der Waals surface area contributed by atoms with Gasteiger partial charge >= 0.3 is 0 Å². The minimum Gasteiger partial charge on any atom is -0.437 e. The molecule has 27 heavy (non-hydrogen) atoms. The van der Waals surface area contributed by atoms with Gasteiger partial charge in [0.2, 0.25) is 5.88 Å². The molecular weight excluding hydrogens is 384 g/mol. The van der Waals surface area contributed by atoms with Crippen molar-refractivity contribution in [1.29, 1.82) is 0 Å². The monoisotopic (exact) mass is 398 g/mol. The lowest BCUT2D eigenvalue weighted by Gasteiger charge is -2.06. The van der Waals surface area contributed by atoms with E-state index >= 15 is 0 Å². The number of hydrogen-bond donors (Lipinski definition) is 1. The van der Waals surface area contributed by atoms with Crippen LogP contribution in [0.5, 0.6) is 11.6 Å². The third-order valence-corrected chi connectivity index (χ3v) is 5.10. The van der Waals surface area contributed by atoms with Crippen molar-refractivity contribution in [1.82, 2.24) is 20.1 Å². The normalized spacial score (nSPS) is 10.9. The van der Waals surface area contributed by atoms with Crippen molar-refractivity contribution in [2.24, 2.45) is 0 Å². The van der Waals surface area contributed by atoms with Crippen molar-refractivity contribution in [3.63, 3.8) is 0 Å². The number of ether oxygens (including phenoxy) is 1. The molecule has 1 amide bonds. The Bertz CT molecular complexity index is 1120. The van der Waals surface area contributed by atoms with Gasteiger partial charge in [0.25, 0.3) is 5.91 Å². The molecule has 1 N–H and O–H groups in total. The molecule has 4 rings (SSSR count). The van der Waals surface area contributed by atoms with Gasteiger partial charge in [0.1, 0.15) is 5.75 Å². The van der Waals surface area contributed by atoms with Crippen LogP contribution in [0.3, 0.4) is 0 Å². The molecule has 136 valence electrons. The number of pyridine rings is 1. The molecule has 0 aliphatic heterocycles. The van der Waals surface area contributed by atoms with Crippen molar-refractivity contribution in [3.05, 3.63) is 64.1 Å². The molecule has 3 aromatic heterocycles. The number of halogens is 1. The first-order chi connectivity index (χ1) is 13.2. The molecule has 6 nitrogen and oxygen atoms in total. The zero-order valence-corrected chi connectivity index (χ0v) is 15.9. The molecule has 0 atom stereocenters. The SMILES string of the molecule is CCNC(=O)c1cc(-n2ncc3cc(Oc4ccccc4Cl)ncc32)cs1. The second kappa shape index (κ2) is 7.38. The number of aromatic nitrogens is 3. The maximum Gasteiger partial charge on any atom is 0.261 e. The second-order valence-corrected chi connectivity index (χ2v) is 7.02. The van der Waals surface area contributed by atoms with Gasteiger partial charge in [-0.15, -0.1) is 11.3 Å². The minimum absolute atomic E-state index is 0.0845. The van der Waals surface area contributed by atoms with Gasteiger partial charge in [-0.3, -0.25) is 4.79 Å². The molecule has 1 aromatic carbocycles. The van der Waals surface area contributed by atoms with Crippen LogP contribution in [-0.4, -0.2) is 27.2 Å². The van der Waals surface area contributed by atoms with Crippen molar-refractivity contribution < 1.29 is 9.53 Å². The van der Waals surface area contributed by atoms with Gasteiger partial charge < -0.3 is 10.1 Å². The number of rotatable bonds is 5. The van der Waals surface area contributed by atoms with E-state index in [2.05, 4.69) is 15.4 Å². The summed E-state index contributed by atoms with van der Waals surface area (Å²) in [5.41, 5.74) is 1.64. The molecule has 4 aromatic rings. The lowest BCUT2D eigenvalue weighted by Crippen LogP contribution is -2.21. The highest BCUT2D eigenvalue weighted by molar-refractivity contribution is 7.12. The third kappa shape index (κ3) is 3.51. The Hall–Kier alpha value is -2.90. The summed E-state index contributed by atoms with van der Waals surface area (Å²) in [4.78, 5) is 17.0. The zero-order valence-electron chi connectivity index (χ0n) is 14.3. The zero-order chi connectivity index (χ0) is 18.8. The van der Waals surface area contributed by atoms with Crippen LogP contribution in [0.25, 0.3) is 16.6 Å². The number of thiophene rings is 1. The van der Waals surface area contributed by atoms with Crippen LogP contribution in [-0.2, 0) is 0 Å². The lowest BCUT2D eigenvalue weighted by molar-refractivity contribution is 0.0960. The van der Waals surface area contributed by atoms with E-state index in [1.54, 1.807) is 35.3 Å². The van der Waals surface area contributed by atoms with Gasteiger partial charge in [-0.1, -0.05) is 23.7 Å². The quantitative estimate of drug-likeness (QED) is 0.530. The van der Waals surface area contributed by atoms with Gasteiger partial charge in [0.15, 0.2) is 0 Å². The summed E-state index contributed by atoms with van der Waals surface area (Å²) in [5.74, 6) is 0.894. The average Bonchev–Trinajstić information content (AvgIpc) is 3.30. The van der Waals surface area contributed by atoms with E-state index in [1.807, 2.05) is 30.5 Å². The molecule has 0 bridgehead atoms. The lowest BCUT2D eigenvalue weighted by atomic mass is 10.3. The number of fused-ring (bicyclic) bond motifs is 1. The van der Waals surface area contributed by atoms with Crippen LogP contribution in [0.15, 0.2) is 54.2 Å². The topological polar surface area (TPSA) is 69.0 Å². The maximum absolute atomic E-state index is 12.0. The molecule has 0 aliphatic rings. The first kappa shape index (κ1) is 17.5. The Kier molecular flexibility index (Phi) is 4.79. The van der Waals surface area contributed by atoms with Gasteiger partial charge in [-0.25, -0.2) is 9.67 Å². The minimum atomic E-state index is -0.0845.